The highest BCUT2D eigenvalue weighted by molar-refractivity contribution is 5.99. The molecule has 1 aromatic carbocycles. The Morgan fingerprint density at radius 3 is 2.62 bits per heavy atom. The SMILES string of the molecule is CCn1cc(C(=O)O)c(=O)c2c(N)c(F)c(NC3CCCCC3)cc21.O. The summed E-state index contributed by atoms with van der Waals surface area (Å²) in [5.41, 5.74) is 5.14. The van der Waals surface area contributed by atoms with Gasteiger partial charge >= 0.3 is 5.97 Å². The first-order valence-electron chi connectivity index (χ1n) is 8.59. The third-order valence-electron chi connectivity index (χ3n) is 4.88. The standard InChI is InChI=1S/C18H22FN3O3.H2O/c1-2-22-9-11(18(24)25)17(23)14-13(22)8-12(15(19)16(14)20)21-10-6-4-3-5-7-10;/h8-10,21H,2-7,20H2,1H3,(H,24,25);1H2. The van der Waals surface area contributed by atoms with Crippen molar-refractivity contribution in [3.8, 4) is 0 Å². The van der Waals surface area contributed by atoms with Crippen LogP contribution in [0.4, 0.5) is 15.8 Å². The molecule has 0 bridgehead atoms. The number of nitrogen functional groups attached to an aromatic ring is 1. The first-order valence-corrected chi connectivity index (χ1v) is 8.59. The van der Waals surface area contributed by atoms with E-state index in [1.165, 1.54) is 12.6 Å². The summed E-state index contributed by atoms with van der Waals surface area (Å²) in [6, 6.07) is 1.74. The third-order valence-corrected chi connectivity index (χ3v) is 4.88. The van der Waals surface area contributed by atoms with Gasteiger partial charge in [-0.2, -0.15) is 0 Å². The van der Waals surface area contributed by atoms with Crippen LogP contribution < -0.4 is 16.5 Å². The Kier molecular flexibility index (Phi) is 5.86. The zero-order chi connectivity index (χ0) is 18.1. The Labute approximate surface area is 149 Å². The molecule has 0 saturated heterocycles. The van der Waals surface area contributed by atoms with Gasteiger partial charge in [0, 0.05) is 18.8 Å². The number of halogens is 1. The van der Waals surface area contributed by atoms with Crippen LogP contribution in [0.1, 0.15) is 49.4 Å². The number of nitrogens with zero attached hydrogens (tertiary/aromatic N) is 1. The summed E-state index contributed by atoms with van der Waals surface area (Å²) in [5, 5.41) is 12.3. The van der Waals surface area contributed by atoms with Crippen LogP contribution in [0.2, 0.25) is 0 Å². The first-order chi connectivity index (χ1) is 11.9. The highest BCUT2D eigenvalue weighted by Gasteiger charge is 2.22. The topological polar surface area (TPSA) is 129 Å². The number of carboxylic acids is 1. The summed E-state index contributed by atoms with van der Waals surface area (Å²) in [6.07, 6.45) is 6.61. The minimum absolute atomic E-state index is 0. The largest absolute Gasteiger partial charge is 0.477 e. The summed E-state index contributed by atoms with van der Waals surface area (Å²) in [4.78, 5) is 23.8. The van der Waals surface area contributed by atoms with E-state index >= 15 is 0 Å². The smallest absolute Gasteiger partial charge is 0.341 e. The van der Waals surface area contributed by atoms with Crippen molar-refractivity contribution in [1.82, 2.24) is 4.57 Å². The number of hydrogen-bond donors (Lipinski definition) is 3. The number of anilines is 2. The highest BCUT2D eigenvalue weighted by Crippen LogP contribution is 2.31. The fourth-order valence-electron chi connectivity index (χ4n) is 3.53. The average molecular weight is 365 g/mol. The van der Waals surface area contributed by atoms with Crippen LogP contribution in [0.15, 0.2) is 17.1 Å². The van der Waals surface area contributed by atoms with Gasteiger partial charge in [0.05, 0.1) is 22.3 Å². The highest BCUT2D eigenvalue weighted by atomic mass is 19.1. The second-order valence-corrected chi connectivity index (χ2v) is 6.49. The maximum absolute atomic E-state index is 14.8. The monoisotopic (exact) mass is 365 g/mol. The molecule has 8 heteroatoms. The molecule has 26 heavy (non-hydrogen) atoms. The Balaban J connectivity index is 0.00000243. The number of carbonyl (C=O) groups is 1. The van der Waals surface area contributed by atoms with E-state index in [4.69, 9.17) is 5.73 Å². The summed E-state index contributed by atoms with van der Waals surface area (Å²) in [7, 11) is 0. The van der Waals surface area contributed by atoms with E-state index in [-0.39, 0.29) is 28.3 Å². The summed E-state index contributed by atoms with van der Waals surface area (Å²) in [6.45, 7) is 2.26. The lowest BCUT2D eigenvalue weighted by Gasteiger charge is -2.25. The number of aromatic nitrogens is 1. The Hall–Kier alpha value is -2.61. The van der Waals surface area contributed by atoms with Gasteiger partial charge in [0.15, 0.2) is 5.82 Å². The Bertz CT molecular complexity index is 888. The van der Waals surface area contributed by atoms with Crippen LogP contribution in [0.5, 0.6) is 0 Å². The molecule has 6 N–H and O–H groups in total. The Morgan fingerprint density at radius 2 is 2.04 bits per heavy atom. The van der Waals surface area contributed by atoms with Gasteiger partial charge in [-0.25, -0.2) is 9.18 Å². The summed E-state index contributed by atoms with van der Waals surface area (Å²) < 4.78 is 16.4. The minimum atomic E-state index is -1.35. The molecule has 0 unspecified atom stereocenters. The van der Waals surface area contributed by atoms with Crippen LogP contribution in [0, 0.1) is 5.82 Å². The molecule has 0 aliphatic heterocycles. The molecule has 1 saturated carbocycles. The maximum Gasteiger partial charge on any atom is 0.341 e. The van der Waals surface area contributed by atoms with E-state index < -0.39 is 22.8 Å². The van der Waals surface area contributed by atoms with Crippen LogP contribution in [0.3, 0.4) is 0 Å². The molecular formula is C18H24FN3O4. The van der Waals surface area contributed by atoms with E-state index in [1.54, 1.807) is 10.6 Å². The van der Waals surface area contributed by atoms with E-state index in [0.29, 0.717) is 12.1 Å². The minimum Gasteiger partial charge on any atom is -0.477 e. The molecule has 7 nitrogen and oxygen atoms in total. The molecule has 0 spiro atoms. The molecule has 142 valence electrons. The van der Waals surface area contributed by atoms with Crippen LogP contribution in [0.25, 0.3) is 10.9 Å². The van der Waals surface area contributed by atoms with Crippen molar-refractivity contribution in [3.05, 3.63) is 33.9 Å². The summed E-state index contributed by atoms with van der Waals surface area (Å²) >= 11 is 0. The number of hydrogen-bond acceptors (Lipinski definition) is 4. The quantitative estimate of drug-likeness (QED) is 0.716. The van der Waals surface area contributed by atoms with Crippen LogP contribution in [-0.4, -0.2) is 27.2 Å². The maximum atomic E-state index is 14.8. The number of benzene rings is 1. The number of fused-ring (bicyclic) bond motifs is 1. The molecular weight excluding hydrogens is 341 g/mol. The lowest BCUT2D eigenvalue weighted by molar-refractivity contribution is 0.0695. The number of rotatable bonds is 4. The molecule has 1 heterocycles. The molecule has 3 rings (SSSR count). The molecule has 1 aliphatic rings. The third kappa shape index (κ3) is 3.37. The van der Waals surface area contributed by atoms with Crippen molar-refractivity contribution in [1.29, 1.82) is 0 Å². The van der Waals surface area contributed by atoms with Gasteiger partial charge in [0.2, 0.25) is 5.43 Å². The van der Waals surface area contributed by atoms with Crippen molar-refractivity contribution >= 4 is 28.2 Å². The van der Waals surface area contributed by atoms with E-state index in [9.17, 15) is 19.1 Å². The van der Waals surface area contributed by atoms with Gasteiger partial charge in [-0.3, -0.25) is 4.79 Å². The first kappa shape index (κ1) is 19.7. The molecule has 0 amide bonds. The normalized spacial score (nSPS) is 14.8. The predicted octanol–water partition coefficient (Wildman–Crippen LogP) is 2.36. The fraction of sp³-hybridized carbons (Fsp3) is 0.444. The van der Waals surface area contributed by atoms with Gasteiger partial charge in [-0.15, -0.1) is 0 Å². The number of pyridine rings is 1. The van der Waals surface area contributed by atoms with Crippen molar-refractivity contribution in [2.45, 2.75) is 51.6 Å². The fourth-order valence-corrected chi connectivity index (χ4v) is 3.53. The number of nitrogens with one attached hydrogen (secondary N) is 1. The zero-order valence-electron chi connectivity index (χ0n) is 14.6. The van der Waals surface area contributed by atoms with Crippen LogP contribution in [-0.2, 0) is 6.54 Å². The molecule has 1 aliphatic carbocycles. The number of aromatic carboxylic acids is 1. The molecule has 0 atom stereocenters. The molecule has 0 radical (unpaired) electrons. The van der Waals surface area contributed by atoms with Gasteiger partial charge in [-0.05, 0) is 25.8 Å². The predicted molar refractivity (Wildman–Crippen MR) is 99.3 cm³/mol. The molecule has 1 aromatic heterocycles. The zero-order valence-corrected chi connectivity index (χ0v) is 14.6. The molecule has 1 fully saturated rings. The van der Waals surface area contributed by atoms with Crippen molar-refractivity contribution in [2.24, 2.45) is 0 Å². The van der Waals surface area contributed by atoms with Gasteiger partial charge in [0.25, 0.3) is 0 Å². The average Bonchev–Trinajstić information content (AvgIpc) is 2.60. The van der Waals surface area contributed by atoms with E-state index in [2.05, 4.69) is 5.32 Å². The van der Waals surface area contributed by atoms with Gasteiger partial charge in [0.1, 0.15) is 5.56 Å². The van der Waals surface area contributed by atoms with Crippen molar-refractivity contribution in [2.75, 3.05) is 11.1 Å². The second-order valence-electron chi connectivity index (χ2n) is 6.49. The van der Waals surface area contributed by atoms with Crippen molar-refractivity contribution in [3.63, 3.8) is 0 Å². The second kappa shape index (κ2) is 7.74. The van der Waals surface area contributed by atoms with Crippen molar-refractivity contribution < 1.29 is 19.8 Å². The van der Waals surface area contributed by atoms with Crippen LogP contribution >= 0.6 is 0 Å². The van der Waals surface area contributed by atoms with E-state index in [1.807, 2.05) is 6.92 Å². The lowest BCUT2D eigenvalue weighted by atomic mass is 9.95. The number of carboxylic acid groups (broad SMARTS) is 1. The lowest BCUT2D eigenvalue weighted by Crippen LogP contribution is -2.24. The summed E-state index contributed by atoms with van der Waals surface area (Å²) in [5.74, 6) is -2.04. The van der Waals surface area contributed by atoms with E-state index in [0.717, 1.165) is 25.7 Å². The Morgan fingerprint density at radius 1 is 1.38 bits per heavy atom. The number of nitrogens with two attached hydrogens (primary N) is 1. The van der Waals surface area contributed by atoms with Gasteiger partial charge < -0.3 is 26.2 Å². The molecule has 2 aromatic rings. The number of aryl methyl sites for hydroxylation is 1. The van der Waals surface area contributed by atoms with Gasteiger partial charge in [-0.1, -0.05) is 19.3 Å².